The fraction of sp³-hybridized carbons (Fsp3) is 0.400. The van der Waals surface area contributed by atoms with Crippen LogP contribution in [0, 0.1) is 24.0 Å². The van der Waals surface area contributed by atoms with E-state index >= 15 is 0 Å². The maximum Gasteiger partial charge on any atom is 0.269 e. The third kappa shape index (κ3) is 5.61. The molecule has 0 bridgehead atoms. The Kier molecular flexibility index (Phi) is 6.60. The molecule has 1 aromatic heterocycles. The van der Waals surface area contributed by atoms with Gasteiger partial charge in [-0.05, 0) is 50.5 Å². The number of thiophene rings is 1. The van der Waals surface area contributed by atoms with Crippen molar-refractivity contribution in [3.05, 3.63) is 55.8 Å². The molecule has 0 radical (unpaired) electrons. The highest BCUT2D eigenvalue weighted by atomic mass is 32.1. The molecule has 0 spiro atoms. The Morgan fingerprint density at radius 3 is 2.52 bits per heavy atom. The van der Waals surface area contributed by atoms with Crippen LogP contribution in [-0.4, -0.2) is 47.3 Å². The maximum absolute atomic E-state index is 12.3. The number of benzene rings is 1. The van der Waals surface area contributed by atoms with Crippen molar-refractivity contribution in [3.63, 3.8) is 0 Å². The van der Waals surface area contributed by atoms with Gasteiger partial charge in [0.2, 0.25) is 5.91 Å². The minimum absolute atomic E-state index is 0.00216. The molecule has 9 heteroatoms. The number of nitro benzene ring substituents is 1. The number of nitro groups is 1. The summed E-state index contributed by atoms with van der Waals surface area (Å²) in [6.07, 6.45) is 1.58. The summed E-state index contributed by atoms with van der Waals surface area (Å²) in [4.78, 5) is 38.8. The zero-order valence-electron chi connectivity index (χ0n) is 16.4. The average Bonchev–Trinajstić information content (AvgIpc) is 3.11. The highest BCUT2D eigenvalue weighted by Gasteiger charge is 2.23. The van der Waals surface area contributed by atoms with Crippen molar-refractivity contribution in [1.29, 1.82) is 0 Å². The van der Waals surface area contributed by atoms with Crippen molar-refractivity contribution < 1.29 is 14.5 Å². The summed E-state index contributed by atoms with van der Waals surface area (Å²) in [6.45, 7) is 5.40. The molecule has 2 amide bonds. The van der Waals surface area contributed by atoms with Crippen LogP contribution in [0.5, 0.6) is 0 Å². The first-order valence-corrected chi connectivity index (χ1v) is 10.3. The third-order valence-corrected chi connectivity index (χ3v) is 5.95. The van der Waals surface area contributed by atoms with E-state index in [2.05, 4.69) is 10.6 Å². The summed E-state index contributed by atoms with van der Waals surface area (Å²) in [5.74, 6) is -0.188. The zero-order chi connectivity index (χ0) is 21.0. The molecule has 2 heterocycles. The number of piperidine rings is 1. The minimum Gasteiger partial charge on any atom is -0.349 e. The van der Waals surface area contributed by atoms with Gasteiger partial charge in [0.15, 0.2) is 0 Å². The number of nitrogens with one attached hydrogen (secondary N) is 2. The highest BCUT2D eigenvalue weighted by molar-refractivity contribution is 7.13. The lowest BCUT2D eigenvalue weighted by atomic mass is 10.0. The van der Waals surface area contributed by atoms with Gasteiger partial charge in [0.25, 0.3) is 11.6 Å². The van der Waals surface area contributed by atoms with Gasteiger partial charge in [0, 0.05) is 41.8 Å². The number of hydrogen-bond donors (Lipinski definition) is 2. The normalized spacial score (nSPS) is 15.1. The van der Waals surface area contributed by atoms with E-state index in [1.165, 1.54) is 23.5 Å². The van der Waals surface area contributed by atoms with Crippen LogP contribution in [-0.2, 0) is 4.79 Å². The molecular weight excluding hydrogens is 392 g/mol. The summed E-state index contributed by atoms with van der Waals surface area (Å²) < 4.78 is 0. The summed E-state index contributed by atoms with van der Waals surface area (Å²) in [5, 5.41) is 16.7. The molecule has 1 aliphatic rings. The summed E-state index contributed by atoms with van der Waals surface area (Å²) >= 11 is 1.49. The molecular formula is C20H24N4O4S. The van der Waals surface area contributed by atoms with Crippen LogP contribution in [0.25, 0.3) is 0 Å². The molecule has 1 aliphatic heterocycles. The number of carbonyl (C=O) groups excluding carboxylic acids is 2. The number of non-ortho nitro benzene ring substituents is 1. The maximum atomic E-state index is 12.3. The van der Waals surface area contributed by atoms with E-state index in [0.717, 1.165) is 35.7 Å². The van der Waals surface area contributed by atoms with Gasteiger partial charge in [-0.3, -0.25) is 24.6 Å². The van der Waals surface area contributed by atoms with E-state index in [1.807, 2.05) is 24.0 Å². The van der Waals surface area contributed by atoms with Crippen molar-refractivity contribution in [3.8, 4) is 0 Å². The summed E-state index contributed by atoms with van der Waals surface area (Å²) in [7, 11) is 0. The lowest BCUT2D eigenvalue weighted by Gasteiger charge is -2.31. The summed E-state index contributed by atoms with van der Waals surface area (Å²) in [6, 6.07) is 8.27. The number of anilines is 1. The first-order chi connectivity index (χ1) is 13.8. The Labute approximate surface area is 173 Å². The van der Waals surface area contributed by atoms with Gasteiger partial charge >= 0.3 is 0 Å². The number of rotatable bonds is 6. The Morgan fingerprint density at radius 2 is 1.93 bits per heavy atom. The first-order valence-electron chi connectivity index (χ1n) is 9.46. The molecule has 2 N–H and O–H groups in total. The summed E-state index contributed by atoms with van der Waals surface area (Å²) in [5.41, 5.74) is 1.23. The molecule has 0 aliphatic carbocycles. The Hall–Kier alpha value is -2.78. The van der Waals surface area contributed by atoms with E-state index in [4.69, 9.17) is 0 Å². The number of carbonyl (C=O) groups is 2. The van der Waals surface area contributed by atoms with E-state index in [9.17, 15) is 19.7 Å². The van der Waals surface area contributed by atoms with Crippen LogP contribution in [0.1, 0.15) is 33.0 Å². The number of amides is 2. The monoisotopic (exact) mass is 416 g/mol. The highest BCUT2D eigenvalue weighted by Crippen LogP contribution is 2.21. The molecule has 0 unspecified atom stereocenters. The molecule has 1 aromatic carbocycles. The number of aryl methyl sites for hydroxylation is 2. The predicted molar refractivity (Wildman–Crippen MR) is 112 cm³/mol. The van der Waals surface area contributed by atoms with Crippen LogP contribution < -0.4 is 10.6 Å². The van der Waals surface area contributed by atoms with Crippen molar-refractivity contribution in [2.24, 2.45) is 0 Å². The van der Waals surface area contributed by atoms with Gasteiger partial charge in [-0.25, -0.2) is 0 Å². The molecule has 8 nitrogen and oxygen atoms in total. The number of hydrogen-bond acceptors (Lipinski definition) is 6. The third-order valence-electron chi connectivity index (χ3n) is 4.95. The smallest absolute Gasteiger partial charge is 0.269 e. The fourth-order valence-corrected chi connectivity index (χ4v) is 4.11. The van der Waals surface area contributed by atoms with E-state index in [0.29, 0.717) is 11.3 Å². The van der Waals surface area contributed by atoms with Crippen LogP contribution >= 0.6 is 11.3 Å². The second kappa shape index (κ2) is 9.15. The van der Waals surface area contributed by atoms with Gasteiger partial charge in [-0.1, -0.05) is 0 Å². The van der Waals surface area contributed by atoms with Crippen LogP contribution in [0.4, 0.5) is 11.4 Å². The molecule has 154 valence electrons. The number of likely N-dealkylation sites (tertiary alicyclic amines) is 1. The van der Waals surface area contributed by atoms with E-state index < -0.39 is 4.92 Å². The van der Waals surface area contributed by atoms with E-state index in [1.54, 1.807) is 13.0 Å². The molecule has 1 fully saturated rings. The molecule has 0 saturated carbocycles. The molecule has 29 heavy (non-hydrogen) atoms. The average molecular weight is 417 g/mol. The number of nitrogens with zero attached hydrogens (tertiary/aromatic N) is 2. The molecule has 3 rings (SSSR count). The van der Waals surface area contributed by atoms with Crippen molar-refractivity contribution >= 4 is 34.5 Å². The van der Waals surface area contributed by atoms with Crippen molar-refractivity contribution in [2.45, 2.75) is 32.7 Å². The van der Waals surface area contributed by atoms with Crippen LogP contribution in [0.3, 0.4) is 0 Å². The SMILES string of the molecule is Cc1ccc(C(=O)NC2CCN(CC(=O)Nc3ccc([N+](=O)[O-])cc3C)CC2)s1. The van der Waals surface area contributed by atoms with Gasteiger partial charge < -0.3 is 10.6 Å². The van der Waals surface area contributed by atoms with Gasteiger partial charge in [0.05, 0.1) is 16.3 Å². The Balaban J connectivity index is 1.45. The molecule has 0 atom stereocenters. The lowest BCUT2D eigenvalue weighted by Crippen LogP contribution is -2.46. The van der Waals surface area contributed by atoms with Crippen LogP contribution in [0.15, 0.2) is 30.3 Å². The largest absolute Gasteiger partial charge is 0.349 e. The first kappa shape index (κ1) is 20.9. The second-order valence-electron chi connectivity index (χ2n) is 7.24. The van der Waals surface area contributed by atoms with E-state index in [-0.39, 0.29) is 30.1 Å². The molecule has 1 saturated heterocycles. The Bertz CT molecular complexity index is 919. The minimum atomic E-state index is -0.457. The standard InChI is InChI=1S/C20H24N4O4S/c1-13-11-16(24(27)28)4-5-17(13)22-19(25)12-23-9-7-15(8-10-23)21-20(26)18-6-3-14(2)29-18/h3-6,11,15H,7-10,12H2,1-2H3,(H,21,26)(H,22,25). The fourth-order valence-electron chi connectivity index (χ4n) is 3.34. The molecule has 2 aromatic rings. The zero-order valence-corrected chi connectivity index (χ0v) is 17.3. The van der Waals surface area contributed by atoms with Crippen molar-refractivity contribution in [2.75, 3.05) is 25.0 Å². The quantitative estimate of drug-likeness (QED) is 0.556. The predicted octanol–water partition coefficient (Wildman–Crippen LogP) is 3.11. The second-order valence-corrected chi connectivity index (χ2v) is 8.53. The Morgan fingerprint density at radius 1 is 1.21 bits per heavy atom. The van der Waals surface area contributed by atoms with Gasteiger partial charge in [-0.2, -0.15) is 0 Å². The topological polar surface area (TPSA) is 105 Å². The lowest BCUT2D eigenvalue weighted by molar-refractivity contribution is -0.384. The van der Waals surface area contributed by atoms with Gasteiger partial charge in [-0.15, -0.1) is 11.3 Å². The van der Waals surface area contributed by atoms with Crippen LogP contribution in [0.2, 0.25) is 0 Å². The van der Waals surface area contributed by atoms with Crippen molar-refractivity contribution in [1.82, 2.24) is 10.2 Å². The van der Waals surface area contributed by atoms with Gasteiger partial charge in [0.1, 0.15) is 0 Å².